The van der Waals surface area contributed by atoms with E-state index in [1.54, 1.807) is 6.92 Å². The third-order valence-electron chi connectivity index (χ3n) is 8.40. The highest BCUT2D eigenvalue weighted by atomic mass is 16.5. The van der Waals surface area contributed by atoms with Crippen molar-refractivity contribution in [1.29, 1.82) is 0 Å². The van der Waals surface area contributed by atoms with Crippen LogP contribution >= 0.6 is 0 Å². The number of carbonyl (C=O) groups excluding carboxylic acids is 2. The van der Waals surface area contributed by atoms with Crippen LogP contribution in [0.2, 0.25) is 0 Å². The quantitative estimate of drug-likeness (QED) is 0.101. The van der Waals surface area contributed by atoms with Crippen LogP contribution in [0.1, 0.15) is 108 Å². The van der Waals surface area contributed by atoms with Crippen molar-refractivity contribution in [1.82, 2.24) is 0 Å². The molecule has 1 fully saturated rings. The molecule has 0 aromatic heterocycles. The second-order valence-corrected chi connectivity index (χ2v) is 11.9. The Kier molecular flexibility index (Phi) is 16.6. The number of hydrogen-bond donors (Lipinski definition) is 1. The first-order valence-electron chi connectivity index (χ1n) is 15.7. The van der Waals surface area contributed by atoms with E-state index in [0.717, 1.165) is 18.8 Å². The number of benzene rings is 1. The average molecular weight is 555 g/mol. The van der Waals surface area contributed by atoms with Crippen LogP contribution < -0.4 is 0 Å². The molecule has 224 valence electrons. The summed E-state index contributed by atoms with van der Waals surface area (Å²) in [4.78, 5) is 23.6. The Morgan fingerprint density at radius 1 is 0.850 bits per heavy atom. The number of unbranched alkanes of at least 4 members (excludes halogenated alkanes) is 3. The largest absolute Gasteiger partial charge is 0.462 e. The van der Waals surface area contributed by atoms with Crippen molar-refractivity contribution < 1.29 is 24.2 Å². The van der Waals surface area contributed by atoms with Crippen molar-refractivity contribution in [3.63, 3.8) is 0 Å². The monoisotopic (exact) mass is 554 g/mol. The van der Waals surface area contributed by atoms with Gasteiger partial charge in [-0.15, -0.1) is 0 Å². The maximum Gasteiger partial charge on any atom is 0.335 e. The minimum Gasteiger partial charge on any atom is -0.462 e. The van der Waals surface area contributed by atoms with Crippen LogP contribution in [0, 0.1) is 17.8 Å². The molecular formula is C35H54O5. The molecule has 0 bridgehead atoms. The molecule has 1 atom stereocenters. The van der Waals surface area contributed by atoms with Crippen molar-refractivity contribution in [2.24, 2.45) is 17.8 Å². The van der Waals surface area contributed by atoms with Gasteiger partial charge in [0, 0.05) is 5.57 Å². The average Bonchev–Trinajstić information content (AvgIpc) is 2.96. The van der Waals surface area contributed by atoms with Gasteiger partial charge in [-0.25, -0.2) is 9.59 Å². The molecule has 0 spiro atoms. The molecule has 1 aliphatic carbocycles. The van der Waals surface area contributed by atoms with Gasteiger partial charge in [-0.2, -0.15) is 0 Å². The summed E-state index contributed by atoms with van der Waals surface area (Å²) in [5, 5.41) is 9.07. The summed E-state index contributed by atoms with van der Waals surface area (Å²) in [5.41, 5.74) is 3.41. The zero-order valence-corrected chi connectivity index (χ0v) is 25.3. The van der Waals surface area contributed by atoms with Crippen LogP contribution in [-0.4, -0.2) is 36.9 Å². The maximum atomic E-state index is 11.8. The molecule has 0 radical (unpaired) electrons. The van der Waals surface area contributed by atoms with Crippen LogP contribution in [0.15, 0.2) is 48.6 Å². The molecule has 5 nitrogen and oxygen atoms in total. The fraction of sp³-hybridized carbons (Fsp3) is 0.657. The first-order chi connectivity index (χ1) is 19.3. The molecule has 1 aliphatic rings. The number of rotatable bonds is 20. The lowest BCUT2D eigenvalue weighted by molar-refractivity contribution is -0.139. The Hall–Kier alpha value is -2.40. The fourth-order valence-electron chi connectivity index (χ4n) is 5.75. The number of ether oxygens (including phenoxy) is 2. The van der Waals surface area contributed by atoms with E-state index in [1.165, 1.54) is 88.2 Å². The highest BCUT2D eigenvalue weighted by Gasteiger charge is 2.24. The summed E-state index contributed by atoms with van der Waals surface area (Å²) in [6.45, 7) is 11.3. The lowest BCUT2D eigenvalue weighted by Gasteiger charge is -2.31. The summed E-state index contributed by atoms with van der Waals surface area (Å²) in [6, 6.07) is 9.29. The Labute approximate surface area is 243 Å². The highest BCUT2D eigenvalue weighted by Crippen LogP contribution is 2.36. The Morgan fingerprint density at radius 3 is 1.90 bits per heavy atom. The molecule has 1 aromatic rings. The number of esters is 2. The van der Waals surface area contributed by atoms with Gasteiger partial charge in [0.25, 0.3) is 0 Å². The number of hydrogen-bond acceptors (Lipinski definition) is 5. The first kappa shape index (κ1) is 33.8. The number of aliphatic hydroxyl groups excluding tert-OH is 1. The summed E-state index contributed by atoms with van der Waals surface area (Å²) < 4.78 is 10.6. The van der Waals surface area contributed by atoms with Crippen molar-refractivity contribution in [3.8, 4) is 0 Å². The van der Waals surface area contributed by atoms with Crippen molar-refractivity contribution >= 4 is 11.9 Å². The summed E-state index contributed by atoms with van der Waals surface area (Å²) >= 11 is 0. The molecule has 0 heterocycles. The molecule has 1 unspecified atom stereocenters. The first-order valence-corrected chi connectivity index (χ1v) is 15.7. The summed E-state index contributed by atoms with van der Waals surface area (Å²) in [6.07, 6.45) is 17.8. The van der Waals surface area contributed by atoms with Crippen LogP contribution in [0.3, 0.4) is 0 Å². The molecule has 0 saturated heterocycles. The van der Waals surface area contributed by atoms with E-state index < -0.39 is 12.6 Å². The number of carbonyl (C=O) groups is 2. The molecule has 1 N–H and O–H groups in total. The van der Waals surface area contributed by atoms with Gasteiger partial charge in [-0.3, -0.25) is 0 Å². The van der Waals surface area contributed by atoms with Gasteiger partial charge in [-0.05, 0) is 80.8 Å². The van der Waals surface area contributed by atoms with Gasteiger partial charge in [0.05, 0.1) is 25.4 Å². The lowest BCUT2D eigenvalue weighted by atomic mass is 9.75. The van der Waals surface area contributed by atoms with Crippen molar-refractivity contribution in [3.05, 3.63) is 59.7 Å². The van der Waals surface area contributed by atoms with E-state index in [4.69, 9.17) is 14.6 Å². The van der Waals surface area contributed by atoms with E-state index in [1.807, 2.05) is 0 Å². The molecular weight excluding hydrogens is 500 g/mol. The molecule has 5 heteroatoms. The molecule has 2 rings (SSSR count). The van der Waals surface area contributed by atoms with Gasteiger partial charge < -0.3 is 14.6 Å². The summed E-state index contributed by atoms with van der Waals surface area (Å²) in [5.74, 6) is 0.904. The molecule has 40 heavy (non-hydrogen) atoms. The van der Waals surface area contributed by atoms with Crippen LogP contribution in [-0.2, 0) is 31.9 Å². The minimum atomic E-state index is -0.546. The van der Waals surface area contributed by atoms with Crippen LogP contribution in [0.4, 0.5) is 0 Å². The fourth-order valence-corrected chi connectivity index (χ4v) is 5.75. The number of aliphatic hydroxyl groups is 1. The third kappa shape index (κ3) is 13.8. The smallest absolute Gasteiger partial charge is 0.335 e. The Balaban J connectivity index is 1.68. The zero-order valence-electron chi connectivity index (χ0n) is 25.3. The van der Waals surface area contributed by atoms with Crippen LogP contribution in [0.5, 0.6) is 0 Å². The van der Waals surface area contributed by atoms with E-state index in [2.05, 4.69) is 44.3 Å². The van der Waals surface area contributed by atoms with Gasteiger partial charge in [0.15, 0.2) is 0 Å². The van der Waals surface area contributed by atoms with Crippen LogP contribution in [0.25, 0.3) is 0 Å². The predicted molar refractivity (Wildman–Crippen MR) is 163 cm³/mol. The standard InChI is InChI=1S/C35H54O5/c1-5-6-7-10-29-13-15-30(16-14-29)11-8-9-12-31-17-19-32(20-18-31)25-33(21-23-39-34(37)27(2)3)22-24-40-35(38)28(4)26-36/h13-16,31-33,36H,2,4-12,17-26H2,1,3H3. The molecule has 0 amide bonds. The third-order valence-corrected chi connectivity index (χ3v) is 8.40. The van der Waals surface area contributed by atoms with Crippen molar-refractivity contribution in [2.75, 3.05) is 19.8 Å². The van der Waals surface area contributed by atoms with Crippen molar-refractivity contribution in [2.45, 2.75) is 110 Å². The normalized spacial score (nSPS) is 17.7. The minimum absolute atomic E-state index is 0.0703. The maximum absolute atomic E-state index is 11.8. The molecule has 1 saturated carbocycles. The van der Waals surface area contributed by atoms with Gasteiger partial charge in [0.1, 0.15) is 0 Å². The predicted octanol–water partition coefficient (Wildman–Crippen LogP) is 7.94. The van der Waals surface area contributed by atoms with Gasteiger partial charge >= 0.3 is 11.9 Å². The van der Waals surface area contributed by atoms with E-state index >= 15 is 0 Å². The SMILES string of the molecule is C=C(C)C(=O)OCCC(CCOC(=O)C(=C)CO)CC1CCC(CCCCc2ccc(CCCCC)cc2)CC1. The van der Waals surface area contributed by atoms with E-state index in [-0.39, 0.29) is 18.1 Å². The number of aryl methyl sites for hydroxylation is 2. The van der Waals surface area contributed by atoms with Gasteiger partial charge in [-0.1, -0.05) is 95.7 Å². The topological polar surface area (TPSA) is 72.8 Å². The second-order valence-electron chi connectivity index (χ2n) is 11.9. The van der Waals surface area contributed by atoms with Gasteiger partial charge in [0.2, 0.25) is 0 Å². The molecule has 0 aliphatic heterocycles. The Morgan fingerprint density at radius 2 is 1.38 bits per heavy atom. The lowest BCUT2D eigenvalue weighted by Crippen LogP contribution is -2.20. The highest BCUT2D eigenvalue weighted by molar-refractivity contribution is 5.88. The van der Waals surface area contributed by atoms with E-state index in [9.17, 15) is 9.59 Å². The van der Waals surface area contributed by atoms with E-state index in [0.29, 0.717) is 30.4 Å². The Bertz CT molecular complexity index is 895. The molecule has 1 aromatic carbocycles. The summed E-state index contributed by atoms with van der Waals surface area (Å²) in [7, 11) is 0. The zero-order chi connectivity index (χ0) is 29.2. The second kappa shape index (κ2) is 19.6.